The van der Waals surface area contributed by atoms with Crippen LogP contribution >= 0.6 is 11.6 Å². The third-order valence-corrected chi connectivity index (χ3v) is 4.20. The topological polar surface area (TPSA) is 16.1 Å². The van der Waals surface area contributed by atoms with Gasteiger partial charge in [-0.1, -0.05) is 13.8 Å². The van der Waals surface area contributed by atoms with Crippen LogP contribution in [0.15, 0.2) is 12.3 Å². The lowest BCUT2D eigenvalue weighted by Gasteiger charge is -2.36. The third kappa shape index (κ3) is 2.74. The maximum absolute atomic E-state index is 5.83. The van der Waals surface area contributed by atoms with E-state index in [0.29, 0.717) is 5.88 Å². The molecule has 0 amide bonds. The number of aromatic nitrogens is 1. The van der Waals surface area contributed by atoms with Crippen LogP contribution in [-0.4, -0.2) is 18.1 Å². The fraction of sp³-hybridized carbons (Fsp3) is 0.643. The molecule has 0 N–H and O–H groups in total. The predicted molar refractivity (Wildman–Crippen MR) is 73.7 cm³/mol. The van der Waals surface area contributed by atoms with Gasteiger partial charge in [0.05, 0.1) is 0 Å². The van der Waals surface area contributed by atoms with Crippen LogP contribution in [0.2, 0.25) is 0 Å². The smallest absolute Gasteiger partial charge is 0.131 e. The first kappa shape index (κ1) is 12.7. The normalized spacial score (nSPS) is 25.1. The Labute approximate surface area is 109 Å². The summed E-state index contributed by atoms with van der Waals surface area (Å²) in [7, 11) is 0. The Bertz CT molecular complexity index is 392. The Morgan fingerprint density at radius 1 is 1.41 bits per heavy atom. The Morgan fingerprint density at radius 2 is 2.18 bits per heavy atom. The average molecular weight is 253 g/mol. The molecule has 0 spiro atoms. The molecule has 2 unspecified atom stereocenters. The van der Waals surface area contributed by atoms with E-state index in [1.165, 1.54) is 12.0 Å². The van der Waals surface area contributed by atoms with Crippen molar-refractivity contribution in [1.29, 1.82) is 0 Å². The van der Waals surface area contributed by atoms with Gasteiger partial charge in [0.2, 0.25) is 0 Å². The average Bonchev–Trinajstić information content (AvgIpc) is 2.32. The van der Waals surface area contributed by atoms with Crippen LogP contribution in [0.3, 0.4) is 0 Å². The number of hydrogen-bond donors (Lipinski definition) is 0. The van der Waals surface area contributed by atoms with E-state index in [-0.39, 0.29) is 0 Å². The molecule has 2 atom stereocenters. The number of anilines is 1. The second kappa shape index (κ2) is 5.26. The number of nitrogens with zero attached hydrogens (tertiary/aromatic N) is 2. The van der Waals surface area contributed by atoms with Crippen molar-refractivity contribution in [1.82, 2.24) is 4.98 Å². The van der Waals surface area contributed by atoms with Crippen LogP contribution in [0.1, 0.15) is 31.4 Å². The van der Waals surface area contributed by atoms with Gasteiger partial charge in [-0.25, -0.2) is 4.98 Å². The summed E-state index contributed by atoms with van der Waals surface area (Å²) in [6.07, 6.45) is 3.16. The number of rotatable bonds is 2. The van der Waals surface area contributed by atoms with Crippen molar-refractivity contribution in [2.75, 3.05) is 18.0 Å². The quantitative estimate of drug-likeness (QED) is 0.748. The molecule has 1 saturated heterocycles. The number of halogens is 1. The van der Waals surface area contributed by atoms with Crippen molar-refractivity contribution in [3.05, 3.63) is 23.4 Å². The molecule has 94 valence electrons. The molecule has 0 aromatic carbocycles. The zero-order valence-corrected chi connectivity index (χ0v) is 11.7. The molecule has 1 aliphatic rings. The summed E-state index contributed by atoms with van der Waals surface area (Å²) >= 11 is 5.83. The van der Waals surface area contributed by atoms with Gasteiger partial charge < -0.3 is 4.90 Å². The standard InChI is InChI=1S/C14H21ClN2/c1-10-4-5-17(9-12(10)3)14-11(2)6-13(7-15)8-16-14/h6,8,10,12H,4-5,7,9H2,1-3H3. The molecule has 2 heterocycles. The van der Waals surface area contributed by atoms with Crippen molar-refractivity contribution in [2.45, 2.75) is 33.1 Å². The van der Waals surface area contributed by atoms with E-state index in [2.05, 4.69) is 36.7 Å². The third-order valence-electron chi connectivity index (χ3n) is 3.90. The molecule has 2 rings (SSSR count). The van der Waals surface area contributed by atoms with Gasteiger partial charge >= 0.3 is 0 Å². The highest BCUT2D eigenvalue weighted by Crippen LogP contribution is 2.28. The minimum Gasteiger partial charge on any atom is -0.356 e. The highest BCUT2D eigenvalue weighted by Gasteiger charge is 2.24. The summed E-state index contributed by atoms with van der Waals surface area (Å²) in [6, 6.07) is 2.15. The van der Waals surface area contributed by atoms with Crippen molar-refractivity contribution < 1.29 is 0 Å². The molecular weight excluding hydrogens is 232 g/mol. The molecule has 17 heavy (non-hydrogen) atoms. The molecular formula is C14H21ClN2. The van der Waals surface area contributed by atoms with E-state index in [9.17, 15) is 0 Å². The molecule has 1 aromatic heterocycles. The number of alkyl halides is 1. The van der Waals surface area contributed by atoms with Gasteiger partial charge in [-0.05, 0) is 42.4 Å². The lowest BCUT2D eigenvalue weighted by atomic mass is 9.88. The highest BCUT2D eigenvalue weighted by molar-refractivity contribution is 6.17. The van der Waals surface area contributed by atoms with Crippen LogP contribution in [0.4, 0.5) is 5.82 Å². The molecule has 0 bridgehead atoms. The largest absolute Gasteiger partial charge is 0.356 e. The summed E-state index contributed by atoms with van der Waals surface area (Å²) < 4.78 is 0. The minimum absolute atomic E-state index is 0.543. The van der Waals surface area contributed by atoms with Gasteiger partial charge in [0.25, 0.3) is 0 Å². The van der Waals surface area contributed by atoms with Crippen LogP contribution < -0.4 is 4.90 Å². The Hall–Kier alpha value is -0.760. The van der Waals surface area contributed by atoms with Gasteiger partial charge in [-0.2, -0.15) is 0 Å². The van der Waals surface area contributed by atoms with Crippen LogP contribution in [0.5, 0.6) is 0 Å². The summed E-state index contributed by atoms with van der Waals surface area (Å²) in [5.74, 6) is 3.26. The molecule has 3 heteroatoms. The van der Waals surface area contributed by atoms with E-state index in [1.54, 1.807) is 0 Å². The second-order valence-electron chi connectivity index (χ2n) is 5.31. The lowest BCUT2D eigenvalue weighted by Crippen LogP contribution is -2.39. The Morgan fingerprint density at radius 3 is 2.76 bits per heavy atom. The minimum atomic E-state index is 0.543. The molecule has 1 aliphatic heterocycles. The Balaban J connectivity index is 2.17. The predicted octanol–water partition coefficient (Wildman–Crippen LogP) is 3.61. The molecule has 2 nitrogen and oxygen atoms in total. The first-order chi connectivity index (χ1) is 8.11. The van der Waals surface area contributed by atoms with Gasteiger partial charge in [-0.15, -0.1) is 11.6 Å². The first-order valence-electron chi connectivity index (χ1n) is 6.38. The van der Waals surface area contributed by atoms with Crippen LogP contribution in [-0.2, 0) is 5.88 Å². The number of pyridine rings is 1. The first-order valence-corrected chi connectivity index (χ1v) is 6.91. The number of aryl methyl sites for hydroxylation is 1. The van der Waals surface area contributed by atoms with Crippen molar-refractivity contribution in [2.24, 2.45) is 11.8 Å². The maximum Gasteiger partial charge on any atom is 0.131 e. The van der Waals surface area contributed by atoms with Gasteiger partial charge in [-0.3, -0.25) is 0 Å². The van der Waals surface area contributed by atoms with Crippen molar-refractivity contribution in [3.8, 4) is 0 Å². The summed E-state index contributed by atoms with van der Waals surface area (Å²) in [5, 5.41) is 0. The summed E-state index contributed by atoms with van der Waals surface area (Å²) in [5.41, 5.74) is 2.34. The van der Waals surface area contributed by atoms with E-state index in [4.69, 9.17) is 11.6 Å². The van der Waals surface area contributed by atoms with Crippen LogP contribution in [0.25, 0.3) is 0 Å². The van der Waals surface area contributed by atoms with Gasteiger partial charge in [0, 0.05) is 25.2 Å². The van der Waals surface area contributed by atoms with Gasteiger partial charge in [0.1, 0.15) is 5.82 Å². The molecule has 0 radical (unpaired) electrons. The number of piperidine rings is 1. The lowest BCUT2D eigenvalue weighted by molar-refractivity contribution is 0.322. The van der Waals surface area contributed by atoms with E-state index in [0.717, 1.165) is 36.3 Å². The zero-order valence-electron chi connectivity index (χ0n) is 10.9. The summed E-state index contributed by atoms with van der Waals surface area (Å²) in [6.45, 7) is 9.05. The molecule has 1 fully saturated rings. The maximum atomic E-state index is 5.83. The molecule has 0 saturated carbocycles. The zero-order chi connectivity index (χ0) is 12.4. The Kier molecular flexibility index (Phi) is 3.93. The van der Waals surface area contributed by atoms with E-state index < -0.39 is 0 Å². The van der Waals surface area contributed by atoms with Crippen molar-refractivity contribution in [3.63, 3.8) is 0 Å². The fourth-order valence-corrected chi connectivity index (χ4v) is 2.63. The van der Waals surface area contributed by atoms with Crippen molar-refractivity contribution >= 4 is 17.4 Å². The number of hydrogen-bond acceptors (Lipinski definition) is 2. The SMILES string of the molecule is Cc1cc(CCl)cnc1N1CCC(C)C(C)C1. The highest BCUT2D eigenvalue weighted by atomic mass is 35.5. The van der Waals surface area contributed by atoms with E-state index >= 15 is 0 Å². The monoisotopic (exact) mass is 252 g/mol. The van der Waals surface area contributed by atoms with Gasteiger partial charge in [0.15, 0.2) is 0 Å². The second-order valence-corrected chi connectivity index (χ2v) is 5.57. The van der Waals surface area contributed by atoms with Crippen LogP contribution in [0, 0.1) is 18.8 Å². The molecule has 1 aromatic rings. The molecule has 0 aliphatic carbocycles. The van der Waals surface area contributed by atoms with E-state index in [1.807, 2.05) is 6.20 Å². The fourth-order valence-electron chi connectivity index (χ4n) is 2.49. The summed E-state index contributed by atoms with van der Waals surface area (Å²) in [4.78, 5) is 6.99.